The molecule has 0 aromatic rings. The smallest absolute Gasteiger partial charge is 0.306 e. The minimum atomic E-state index is -0.798. The molecule has 0 aromatic heterocycles. The number of ether oxygens (including phenoxy) is 3. The van der Waals surface area contributed by atoms with Gasteiger partial charge < -0.3 is 14.2 Å². The van der Waals surface area contributed by atoms with Crippen LogP contribution in [0.2, 0.25) is 0 Å². The summed E-state index contributed by atoms with van der Waals surface area (Å²) in [4.78, 5) is 38.3. The summed E-state index contributed by atoms with van der Waals surface area (Å²) >= 11 is 0. The van der Waals surface area contributed by atoms with Crippen LogP contribution in [0.4, 0.5) is 0 Å². The van der Waals surface area contributed by atoms with Gasteiger partial charge in [-0.15, -0.1) is 0 Å². The molecule has 0 radical (unpaired) electrons. The Morgan fingerprint density at radius 1 is 0.284 bits per heavy atom. The molecule has 0 N–H and O–H groups in total. The lowest BCUT2D eigenvalue weighted by molar-refractivity contribution is -0.167. The summed E-state index contributed by atoms with van der Waals surface area (Å²) in [6.45, 7) is 6.52. The van der Waals surface area contributed by atoms with Crippen molar-refractivity contribution in [2.75, 3.05) is 13.2 Å². The Morgan fingerprint density at radius 3 is 0.865 bits per heavy atom. The van der Waals surface area contributed by atoms with E-state index in [2.05, 4.69) is 106 Å². The standard InChI is InChI=1S/C68H118O6/c1-4-7-10-13-16-19-22-25-28-31-33-34-36-37-40-43-46-49-52-55-58-61-67(70)73-64-65(63-72-66(69)60-57-54-51-48-45-42-39-30-27-24-21-18-15-12-9-6-3)74-68(71)62-59-56-53-50-47-44-41-38-35-32-29-26-23-20-17-14-11-8-5-2/h7,10,16,19,25,28,30,33-34,37,39-40,46,49,65H,4-6,8-9,11-15,17-18,20-24,26-27,29,31-32,35-36,38,41-45,47-48,50-64H2,1-3H3/b10-7-,19-16-,28-25-,34-33-,39-30-,40-37-,49-46-. The molecular weight excluding hydrogens is 913 g/mol. The molecule has 0 spiro atoms. The first-order valence-corrected chi connectivity index (χ1v) is 31.6. The monoisotopic (exact) mass is 1030 g/mol. The van der Waals surface area contributed by atoms with Gasteiger partial charge in [-0.05, 0) is 96.3 Å². The average molecular weight is 1030 g/mol. The van der Waals surface area contributed by atoms with E-state index in [1.165, 1.54) is 167 Å². The van der Waals surface area contributed by atoms with E-state index >= 15 is 0 Å². The highest BCUT2D eigenvalue weighted by molar-refractivity contribution is 5.71. The first kappa shape index (κ1) is 70.6. The van der Waals surface area contributed by atoms with Crippen molar-refractivity contribution in [2.24, 2.45) is 0 Å². The fraction of sp³-hybridized carbons (Fsp3) is 0.750. The minimum absolute atomic E-state index is 0.0923. The summed E-state index contributed by atoms with van der Waals surface area (Å²) in [5, 5.41) is 0. The highest BCUT2D eigenvalue weighted by atomic mass is 16.6. The number of carbonyl (C=O) groups is 3. The summed E-state index contributed by atoms with van der Waals surface area (Å²) in [6, 6.07) is 0. The van der Waals surface area contributed by atoms with Gasteiger partial charge in [0.05, 0.1) is 0 Å². The van der Waals surface area contributed by atoms with Crippen molar-refractivity contribution in [3.05, 3.63) is 85.1 Å². The molecule has 74 heavy (non-hydrogen) atoms. The van der Waals surface area contributed by atoms with Gasteiger partial charge in [0.25, 0.3) is 0 Å². The predicted octanol–water partition coefficient (Wildman–Crippen LogP) is 21.5. The van der Waals surface area contributed by atoms with Gasteiger partial charge in [0.1, 0.15) is 13.2 Å². The third-order valence-corrected chi connectivity index (χ3v) is 13.6. The zero-order valence-corrected chi connectivity index (χ0v) is 48.8. The van der Waals surface area contributed by atoms with Crippen LogP contribution in [0.5, 0.6) is 0 Å². The second-order valence-corrected chi connectivity index (χ2v) is 20.9. The van der Waals surface area contributed by atoms with E-state index in [-0.39, 0.29) is 31.1 Å². The maximum atomic E-state index is 12.9. The second-order valence-electron chi connectivity index (χ2n) is 20.9. The molecule has 0 rings (SSSR count). The lowest BCUT2D eigenvalue weighted by Gasteiger charge is -2.18. The molecular formula is C68H118O6. The number of unbranched alkanes of at least 4 members (excludes halogenated alkanes) is 32. The van der Waals surface area contributed by atoms with Crippen molar-refractivity contribution < 1.29 is 28.6 Å². The van der Waals surface area contributed by atoms with E-state index in [0.29, 0.717) is 19.3 Å². The van der Waals surface area contributed by atoms with Crippen molar-refractivity contribution >= 4 is 17.9 Å². The highest BCUT2D eigenvalue weighted by Gasteiger charge is 2.19. The molecule has 0 aliphatic heterocycles. The van der Waals surface area contributed by atoms with Crippen LogP contribution in [0, 0.1) is 0 Å². The van der Waals surface area contributed by atoms with E-state index in [4.69, 9.17) is 14.2 Å². The Balaban J connectivity index is 4.45. The van der Waals surface area contributed by atoms with Gasteiger partial charge in [-0.3, -0.25) is 14.4 Å². The van der Waals surface area contributed by atoms with Crippen molar-refractivity contribution in [3.8, 4) is 0 Å². The third kappa shape index (κ3) is 59.5. The zero-order valence-electron chi connectivity index (χ0n) is 48.8. The van der Waals surface area contributed by atoms with Crippen molar-refractivity contribution in [1.29, 1.82) is 0 Å². The van der Waals surface area contributed by atoms with E-state index in [0.717, 1.165) is 103 Å². The Morgan fingerprint density at radius 2 is 0.527 bits per heavy atom. The number of esters is 3. The SMILES string of the molecule is CC/C=C\C/C=C\C/C=C\C/C=C\C/C=C\C/C=C\CCCCC(=O)OCC(COC(=O)CCCCCCC/C=C\CCCCCCCCC)OC(=O)CCCCCCCCCCCCCCCCCCCCC. The number of rotatable bonds is 57. The maximum absolute atomic E-state index is 12.9. The Hall–Kier alpha value is -3.41. The molecule has 0 fully saturated rings. The van der Waals surface area contributed by atoms with Crippen LogP contribution in [0.3, 0.4) is 0 Å². The van der Waals surface area contributed by atoms with E-state index in [1.54, 1.807) is 0 Å². The maximum Gasteiger partial charge on any atom is 0.306 e. The second kappa shape index (κ2) is 62.1. The topological polar surface area (TPSA) is 78.9 Å². The van der Waals surface area contributed by atoms with Gasteiger partial charge in [0.2, 0.25) is 0 Å². The van der Waals surface area contributed by atoms with E-state index < -0.39 is 6.10 Å². The lowest BCUT2D eigenvalue weighted by Crippen LogP contribution is -2.30. The molecule has 0 aromatic carbocycles. The fourth-order valence-corrected chi connectivity index (χ4v) is 8.91. The van der Waals surface area contributed by atoms with Crippen LogP contribution in [-0.4, -0.2) is 37.2 Å². The molecule has 1 atom stereocenters. The molecule has 6 heteroatoms. The van der Waals surface area contributed by atoms with Gasteiger partial charge in [-0.2, -0.15) is 0 Å². The molecule has 0 heterocycles. The van der Waals surface area contributed by atoms with Gasteiger partial charge in [0.15, 0.2) is 6.10 Å². The molecule has 0 saturated heterocycles. The zero-order chi connectivity index (χ0) is 53.6. The average Bonchev–Trinajstić information content (AvgIpc) is 3.40. The molecule has 0 amide bonds. The minimum Gasteiger partial charge on any atom is -0.462 e. The molecule has 426 valence electrons. The first-order chi connectivity index (χ1) is 36.5. The summed E-state index contributed by atoms with van der Waals surface area (Å²) in [6.07, 6.45) is 81.6. The first-order valence-electron chi connectivity index (χ1n) is 31.6. The van der Waals surface area contributed by atoms with Crippen LogP contribution >= 0.6 is 0 Å². The van der Waals surface area contributed by atoms with E-state index in [9.17, 15) is 14.4 Å². The van der Waals surface area contributed by atoms with Crippen LogP contribution in [0.25, 0.3) is 0 Å². The number of hydrogen-bond donors (Lipinski definition) is 0. The molecule has 1 unspecified atom stereocenters. The van der Waals surface area contributed by atoms with Crippen molar-refractivity contribution in [1.82, 2.24) is 0 Å². The van der Waals surface area contributed by atoms with Gasteiger partial charge in [-0.1, -0.05) is 279 Å². The third-order valence-electron chi connectivity index (χ3n) is 13.6. The summed E-state index contributed by atoms with van der Waals surface area (Å²) in [5.41, 5.74) is 0. The van der Waals surface area contributed by atoms with Crippen LogP contribution < -0.4 is 0 Å². The summed E-state index contributed by atoms with van der Waals surface area (Å²) < 4.78 is 16.9. The Bertz CT molecular complexity index is 1420. The molecule has 6 nitrogen and oxygen atoms in total. The Labute approximate surface area is 458 Å². The largest absolute Gasteiger partial charge is 0.462 e. The van der Waals surface area contributed by atoms with Gasteiger partial charge in [0, 0.05) is 19.3 Å². The highest BCUT2D eigenvalue weighted by Crippen LogP contribution is 2.17. The molecule has 0 saturated carbocycles. The van der Waals surface area contributed by atoms with Crippen LogP contribution in [-0.2, 0) is 28.6 Å². The van der Waals surface area contributed by atoms with E-state index in [1.807, 2.05) is 0 Å². The summed E-state index contributed by atoms with van der Waals surface area (Å²) in [7, 11) is 0. The number of allylic oxidation sites excluding steroid dienone is 14. The lowest BCUT2D eigenvalue weighted by atomic mass is 10.0. The summed E-state index contributed by atoms with van der Waals surface area (Å²) in [5.74, 6) is -0.931. The number of hydrogen-bond acceptors (Lipinski definition) is 6. The normalized spacial score (nSPS) is 12.6. The van der Waals surface area contributed by atoms with Crippen LogP contribution in [0.15, 0.2) is 85.1 Å². The van der Waals surface area contributed by atoms with Gasteiger partial charge in [-0.25, -0.2) is 0 Å². The quantitative estimate of drug-likeness (QED) is 0.0261. The molecule has 0 aliphatic rings. The molecule has 0 aliphatic carbocycles. The predicted molar refractivity (Wildman–Crippen MR) is 321 cm³/mol. The fourth-order valence-electron chi connectivity index (χ4n) is 8.91. The van der Waals surface area contributed by atoms with Crippen LogP contribution in [0.1, 0.15) is 310 Å². The number of carbonyl (C=O) groups excluding carboxylic acids is 3. The Kier molecular flexibility index (Phi) is 59.3. The van der Waals surface area contributed by atoms with Crippen molar-refractivity contribution in [2.45, 2.75) is 316 Å². The van der Waals surface area contributed by atoms with Crippen molar-refractivity contribution in [3.63, 3.8) is 0 Å². The molecule has 0 bridgehead atoms. The van der Waals surface area contributed by atoms with Gasteiger partial charge >= 0.3 is 17.9 Å².